The molecular weight excluding hydrogens is 291 g/mol. The summed E-state index contributed by atoms with van der Waals surface area (Å²) in [6, 6.07) is 1.32. The minimum atomic E-state index is 0.658. The monoisotopic (exact) mass is 320 g/mol. The maximum Gasteiger partial charge on any atom is 0.0379 e. The van der Waals surface area contributed by atoms with Crippen LogP contribution in [-0.2, 0) is 0 Å². The first kappa shape index (κ1) is 16.9. The highest BCUT2D eigenvalue weighted by Crippen LogP contribution is 2.20. The van der Waals surface area contributed by atoms with Crippen LogP contribution >= 0.6 is 23.2 Å². The van der Waals surface area contributed by atoms with Gasteiger partial charge >= 0.3 is 0 Å². The summed E-state index contributed by atoms with van der Waals surface area (Å²) in [5.74, 6) is 1.63. The zero-order chi connectivity index (χ0) is 14.2. The standard InChI is InChI=1S/C16H30Cl2N2/c17-13-15-7-5-11-19(15)9-3-1-2-4-10-20-12-6-8-16(20)14-18/h15-16H,1-14H2/t15-,16-/m0/s1. The third-order valence-electron chi connectivity index (χ3n) is 5.00. The molecule has 2 aliphatic rings. The molecule has 2 nitrogen and oxygen atoms in total. The van der Waals surface area contributed by atoms with Gasteiger partial charge in [0.05, 0.1) is 0 Å². The van der Waals surface area contributed by atoms with Crippen LogP contribution in [-0.4, -0.2) is 59.8 Å². The van der Waals surface area contributed by atoms with Crippen molar-refractivity contribution < 1.29 is 0 Å². The molecule has 0 aromatic heterocycles. The van der Waals surface area contributed by atoms with Crippen LogP contribution in [0.5, 0.6) is 0 Å². The van der Waals surface area contributed by atoms with Crippen molar-refractivity contribution >= 4 is 23.2 Å². The second kappa shape index (κ2) is 9.50. The molecule has 2 atom stereocenters. The molecule has 0 saturated carbocycles. The Bertz CT molecular complexity index is 237. The molecule has 2 saturated heterocycles. The van der Waals surface area contributed by atoms with E-state index in [1.807, 2.05) is 0 Å². The average Bonchev–Trinajstić information content (AvgIpc) is 3.10. The molecule has 0 aromatic rings. The van der Waals surface area contributed by atoms with Crippen LogP contribution < -0.4 is 0 Å². The molecule has 0 bridgehead atoms. The van der Waals surface area contributed by atoms with Crippen molar-refractivity contribution in [2.75, 3.05) is 37.9 Å². The SMILES string of the molecule is ClC[C@@H]1CCCN1CCCCCCN1CCC[C@H]1CCl. The minimum absolute atomic E-state index is 0.658. The van der Waals surface area contributed by atoms with Gasteiger partial charge in [0.25, 0.3) is 0 Å². The first-order valence-electron chi connectivity index (χ1n) is 8.45. The number of hydrogen-bond donors (Lipinski definition) is 0. The molecule has 0 aromatic carbocycles. The van der Waals surface area contributed by atoms with Crippen LogP contribution in [0, 0.1) is 0 Å². The van der Waals surface area contributed by atoms with Crippen molar-refractivity contribution in [3.05, 3.63) is 0 Å². The second-order valence-electron chi connectivity index (χ2n) is 6.39. The van der Waals surface area contributed by atoms with Crippen molar-refractivity contribution in [1.29, 1.82) is 0 Å². The third-order valence-corrected chi connectivity index (χ3v) is 5.71. The van der Waals surface area contributed by atoms with E-state index < -0.39 is 0 Å². The maximum absolute atomic E-state index is 6.01. The number of nitrogens with zero attached hydrogens (tertiary/aromatic N) is 2. The summed E-state index contributed by atoms with van der Waals surface area (Å²) < 4.78 is 0. The Balaban J connectivity index is 1.47. The van der Waals surface area contributed by atoms with E-state index in [1.54, 1.807) is 0 Å². The molecule has 0 aliphatic carbocycles. The van der Waals surface area contributed by atoms with Gasteiger partial charge in [-0.3, -0.25) is 9.80 Å². The van der Waals surface area contributed by atoms with Gasteiger partial charge in [-0.05, 0) is 64.7 Å². The molecule has 2 heterocycles. The second-order valence-corrected chi connectivity index (χ2v) is 7.00. The van der Waals surface area contributed by atoms with Crippen LogP contribution in [0.1, 0.15) is 51.4 Å². The predicted molar refractivity (Wildman–Crippen MR) is 89.1 cm³/mol. The van der Waals surface area contributed by atoms with E-state index in [0.29, 0.717) is 12.1 Å². The summed E-state index contributed by atoms with van der Waals surface area (Å²) in [5.41, 5.74) is 0. The summed E-state index contributed by atoms with van der Waals surface area (Å²) in [6.07, 6.45) is 10.7. The minimum Gasteiger partial charge on any atom is -0.299 e. The Morgan fingerprint density at radius 2 is 1.15 bits per heavy atom. The predicted octanol–water partition coefficient (Wildman–Crippen LogP) is 3.95. The number of unbranched alkanes of at least 4 members (excludes halogenated alkanes) is 3. The van der Waals surface area contributed by atoms with Crippen molar-refractivity contribution in [3.63, 3.8) is 0 Å². The lowest BCUT2D eigenvalue weighted by molar-refractivity contribution is 0.253. The first-order valence-corrected chi connectivity index (χ1v) is 9.52. The van der Waals surface area contributed by atoms with E-state index in [2.05, 4.69) is 9.80 Å². The van der Waals surface area contributed by atoms with Gasteiger partial charge in [-0.25, -0.2) is 0 Å². The molecule has 20 heavy (non-hydrogen) atoms. The van der Waals surface area contributed by atoms with Gasteiger partial charge in [0.1, 0.15) is 0 Å². The topological polar surface area (TPSA) is 6.48 Å². The van der Waals surface area contributed by atoms with E-state index in [9.17, 15) is 0 Å². The fraction of sp³-hybridized carbons (Fsp3) is 1.00. The van der Waals surface area contributed by atoms with Gasteiger partial charge in [0.2, 0.25) is 0 Å². The highest BCUT2D eigenvalue weighted by Gasteiger charge is 2.23. The quantitative estimate of drug-likeness (QED) is 0.469. The van der Waals surface area contributed by atoms with E-state index in [4.69, 9.17) is 23.2 Å². The number of alkyl halides is 2. The molecule has 2 aliphatic heterocycles. The molecular formula is C16H30Cl2N2. The fourth-order valence-corrected chi connectivity index (χ4v) is 4.41. The lowest BCUT2D eigenvalue weighted by Crippen LogP contribution is -2.32. The lowest BCUT2D eigenvalue weighted by Gasteiger charge is -2.23. The molecule has 0 radical (unpaired) electrons. The maximum atomic E-state index is 6.01. The van der Waals surface area contributed by atoms with E-state index in [-0.39, 0.29) is 0 Å². The zero-order valence-corrected chi connectivity index (χ0v) is 14.2. The highest BCUT2D eigenvalue weighted by atomic mass is 35.5. The van der Waals surface area contributed by atoms with Crippen molar-refractivity contribution in [2.24, 2.45) is 0 Å². The van der Waals surface area contributed by atoms with Gasteiger partial charge in [0, 0.05) is 23.8 Å². The Labute approximate surface area is 134 Å². The molecule has 0 spiro atoms. The fourth-order valence-electron chi connectivity index (χ4n) is 3.71. The first-order chi connectivity index (χ1) is 9.85. The number of rotatable bonds is 9. The third kappa shape index (κ3) is 5.05. The van der Waals surface area contributed by atoms with Crippen LogP contribution in [0.3, 0.4) is 0 Å². The van der Waals surface area contributed by atoms with Crippen molar-refractivity contribution in [3.8, 4) is 0 Å². The largest absolute Gasteiger partial charge is 0.299 e. The van der Waals surface area contributed by atoms with E-state index in [0.717, 1.165) is 11.8 Å². The van der Waals surface area contributed by atoms with E-state index in [1.165, 1.54) is 77.5 Å². The summed E-state index contributed by atoms with van der Waals surface area (Å²) in [5, 5.41) is 0. The summed E-state index contributed by atoms with van der Waals surface area (Å²) >= 11 is 12.0. The number of likely N-dealkylation sites (tertiary alicyclic amines) is 2. The zero-order valence-electron chi connectivity index (χ0n) is 12.7. The number of halogens is 2. The van der Waals surface area contributed by atoms with Gasteiger partial charge in [-0.15, -0.1) is 23.2 Å². The molecule has 4 heteroatoms. The van der Waals surface area contributed by atoms with E-state index >= 15 is 0 Å². The summed E-state index contributed by atoms with van der Waals surface area (Å²) in [7, 11) is 0. The van der Waals surface area contributed by atoms with Crippen LogP contribution in [0.25, 0.3) is 0 Å². The highest BCUT2D eigenvalue weighted by molar-refractivity contribution is 6.18. The van der Waals surface area contributed by atoms with Gasteiger partial charge in [-0.1, -0.05) is 12.8 Å². The normalized spacial score (nSPS) is 28.5. The van der Waals surface area contributed by atoms with Crippen molar-refractivity contribution in [1.82, 2.24) is 9.80 Å². The Kier molecular flexibility index (Phi) is 8.01. The molecule has 0 amide bonds. The average molecular weight is 321 g/mol. The molecule has 118 valence electrons. The molecule has 2 fully saturated rings. The summed E-state index contributed by atoms with van der Waals surface area (Å²) in [6.45, 7) is 5.04. The molecule has 0 N–H and O–H groups in total. The lowest BCUT2D eigenvalue weighted by atomic mass is 10.1. The summed E-state index contributed by atoms with van der Waals surface area (Å²) in [4.78, 5) is 5.19. The van der Waals surface area contributed by atoms with Crippen LogP contribution in [0.4, 0.5) is 0 Å². The molecule has 2 rings (SSSR count). The Hall–Kier alpha value is 0.500. The van der Waals surface area contributed by atoms with Gasteiger partial charge in [0.15, 0.2) is 0 Å². The smallest absolute Gasteiger partial charge is 0.0379 e. The van der Waals surface area contributed by atoms with Crippen LogP contribution in [0.2, 0.25) is 0 Å². The van der Waals surface area contributed by atoms with Gasteiger partial charge in [-0.2, -0.15) is 0 Å². The Morgan fingerprint density at radius 1 is 0.700 bits per heavy atom. The van der Waals surface area contributed by atoms with Crippen LogP contribution in [0.15, 0.2) is 0 Å². The number of hydrogen-bond acceptors (Lipinski definition) is 2. The van der Waals surface area contributed by atoms with Crippen molar-refractivity contribution in [2.45, 2.75) is 63.5 Å². The molecule has 0 unspecified atom stereocenters. The van der Waals surface area contributed by atoms with Gasteiger partial charge < -0.3 is 0 Å². The Morgan fingerprint density at radius 3 is 1.55 bits per heavy atom.